The highest BCUT2D eigenvalue weighted by Crippen LogP contribution is 2.41. The number of hydrogen-bond acceptors (Lipinski definition) is 8. The van der Waals surface area contributed by atoms with Crippen molar-refractivity contribution in [3.63, 3.8) is 0 Å². The maximum absolute atomic E-state index is 13.0. The Labute approximate surface area is 196 Å². The molecule has 0 saturated carbocycles. The number of ether oxygens (including phenoxy) is 2. The number of rotatable bonds is 9. The zero-order chi connectivity index (χ0) is 25.0. The molecule has 2 aromatic rings. The second-order valence-electron chi connectivity index (χ2n) is 8.00. The Bertz CT molecular complexity index is 1120. The second kappa shape index (κ2) is 10.3. The van der Waals surface area contributed by atoms with Crippen LogP contribution in [0.3, 0.4) is 0 Å². The molecule has 1 aliphatic rings. The third-order valence-corrected chi connectivity index (χ3v) is 5.41. The summed E-state index contributed by atoms with van der Waals surface area (Å²) in [4.78, 5) is 37.7. The number of aromatic hydroxyl groups is 1. The number of aliphatic hydroxyl groups excluding tert-OH is 1. The molecule has 0 bridgehead atoms. The molecular formula is C24H26N2O8. The van der Waals surface area contributed by atoms with Gasteiger partial charge in [0.15, 0.2) is 11.5 Å². The highest BCUT2D eigenvalue weighted by atomic mass is 16.6. The zero-order valence-electron chi connectivity index (χ0n) is 19.1. The highest BCUT2D eigenvalue weighted by Gasteiger charge is 2.46. The van der Waals surface area contributed by atoms with Gasteiger partial charge in [-0.05, 0) is 50.1 Å². The van der Waals surface area contributed by atoms with Crippen LogP contribution in [-0.2, 0) is 14.3 Å². The number of ketones is 1. The summed E-state index contributed by atoms with van der Waals surface area (Å²) in [7, 11) is 1.37. The lowest BCUT2D eigenvalue weighted by Crippen LogP contribution is -2.31. The monoisotopic (exact) mass is 470 g/mol. The number of nitro benzene ring substituents is 1. The first-order chi connectivity index (χ1) is 16.1. The summed E-state index contributed by atoms with van der Waals surface area (Å²) in [6.07, 6.45) is 0.462. The van der Waals surface area contributed by atoms with Crippen molar-refractivity contribution >= 4 is 23.1 Å². The molecule has 1 atom stereocenters. The normalized spacial score (nSPS) is 17.4. The van der Waals surface area contributed by atoms with Crippen LogP contribution in [0.25, 0.3) is 5.76 Å². The number of amides is 1. The number of benzene rings is 2. The van der Waals surface area contributed by atoms with Gasteiger partial charge in [-0.1, -0.05) is 6.07 Å². The fourth-order valence-corrected chi connectivity index (χ4v) is 3.77. The van der Waals surface area contributed by atoms with Gasteiger partial charge >= 0.3 is 0 Å². The smallest absolute Gasteiger partial charge is 0.295 e. The van der Waals surface area contributed by atoms with Crippen LogP contribution in [0, 0.1) is 10.1 Å². The number of phenolic OH excluding ortho intramolecular Hbond substituents is 1. The van der Waals surface area contributed by atoms with Gasteiger partial charge in [0.05, 0.1) is 29.8 Å². The minimum Gasteiger partial charge on any atom is -0.507 e. The maximum atomic E-state index is 13.0. The van der Waals surface area contributed by atoms with Crippen LogP contribution < -0.4 is 4.74 Å². The Hall–Kier alpha value is -3.92. The summed E-state index contributed by atoms with van der Waals surface area (Å²) in [6, 6.07) is 8.48. The van der Waals surface area contributed by atoms with Crippen molar-refractivity contribution in [2.45, 2.75) is 32.4 Å². The molecule has 180 valence electrons. The van der Waals surface area contributed by atoms with E-state index in [0.29, 0.717) is 18.6 Å². The molecule has 0 unspecified atom stereocenters. The van der Waals surface area contributed by atoms with E-state index in [1.165, 1.54) is 54.5 Å². The van der Waals surface area contributed by atoms with Crippen LogP contribution in [0.15, 0.2) is 48.0 Å². The van der Waals surface area contributed by atoms with E-state index in [0.717, 1.165) is 0 Å². The molecule has 0 spiro atoms. The quantitative estimate of drug-likeness (QED) is 0.142. The molecule has 1 amide bonds. The van der Waals surface area contributed by atoms with Crippen LogP contribution in [0.2, 0.25) is 0 Å². The van der Waals surface area contributed by atoms with Crippen molar-refractivity contribution in [1.29, 1.82) is 0 Å². The number of non-ortho nitro benzene ring substituents is 1. The highest BCUT2D eigenvalue weighted by molar-refractivity contribution is 6.46. The summed E-state index contributed by atoms with van der Waals surface area (Å²) in [5.41, 5.74) is 0.267. The van der Waals surface area contributed by atoms with E-state index >= 15 is 0 Å². The van der Waals surface area contributed by atoms with E-state index in [1.54, 1.807) is 0 Å². The number of nitrogens with zero attached hydrogens (tertiary/aromatic N) is 2. The van der Waals surface area contributed by atoms with Gasteiger partial charge in [-0.15, -0.1) is 0 Å². The van der Waals surface area contributed by atoms with Crippen molar-refractivity contribution < 1.29 is 34.2 Å². The third kappa shape index (κ3) is 5.01. The Balaban J connectivity index is 2.08. The molecule has 34 heavy (non-hydrogen) atoms. The Kier molecular flexibility index (Phi) is 7.52. The molecule has 1 saturated heterocycles. The number of likely N-dealkylation sites (tertiary alicyclic amines) is 1. The van der Waals surface area contributed by atoms with E-state index in [2.05, 4.69) is 0 Å². The molecule has 3 rings (SSSR count). The first kappa shape index (κ1) is 24.7. The van der Waals surface area contributed by atoms with Crippen LogP contribution in [0.1, 0.15) is 37.4 Å². The van der Waals surface area contributed by atoms with Gasteiger partial charge in [0.2, 0.25) is 0 Å². The van der Waals surface area contributed by atoms with E-state index < -0.39 is 28.4 Å². The number of phenols is 1. The van der Waals surface area contributed by atoms with Gasteiger partial charge in [0, 0.05) is 30.8 Å². The fourth-order valence-electron chi connectivity index (χ4n) is 3.77. The molecule has 0 radical (unpaired) electrons. The van der Waals surface area contributed by atoms with Gasteiger partial charge in [-0.25, -0.2) is 0 Å². The third-order valence-electron chi connectivity index (χ3n) is 5.41. The lowest BCUT2D eigenvalue weighted by molar-refractivity contribution is -0.384. The zero-order valence-corrected chi connectivity index (χ0v) is 19.1. The van der Waals surface area contributed by atoms with Gasteiger partial charge in [0.25, 0.3) is 17.4 Å². The van der Waals surface area contributed by atoms with Gasteiger partial charge < -0.3 is 24.6 Å². The number of carbonyl (C=O) groups excluding carboxylic acids is 2. The van der Waals surface area contributed by atoms with E-state index in [4.69, 9.17) is 9.47 Å². The summed E-state index contributed by atoms with van der Waals surface area (Å²) in [5, 5.41) is 32.0. The molecule has 10 nitrogen and oxygen atoms in total. The minimum atomic E-state index is -0.955. The predicted octanol–water partition coefficient (Wildman–Crippen LogP) is 3.55. The summed E-state index contributed by atoms with van der Waals surface area (Å²) in [5.74, 6) is -2.10. The molecule has 0 aliphatic carbocycles. The van der Waals surface area contributed by atoms with Crippen LogP contribution in [-0.4, -0.2) is 58.1 Å². The van der Waals surface area contributed by atoms with E-state index in [1.807, 2.05) is 13.8 Å². The average molecular weight is 470 g/mol. The summed E-state index contributed by atoms with van der Waals surface area (Å²) >= 11 is 0. The Morgan fingerprint density at radius 1 is 1.18 bits per heavy atom. The number of methoxy groups -OCH3 is 1. The number of carbonyl (C=O) groups is 2. The molecule has 2 aromatic carbocycles. The van der Waals surface area contributed by atoms with E-state index in [-0.39, 0.29) is 41.0 Å². The summed E-state index contributed by atoms with van der Waals surface area (Å²) < 4.78 is 10.7. The van der Waals surface area contributed by atoms with Crippen molar-refractivity contribution in [1.82, 2.24) is 4.90 Å². The molecule has 1 fully saturated rings. The van der Waals surface area contributed by atoms with Crippen molar-refractivity contribution in [2.75, 3.05) is 20.3 Å². The summed E-state index contributed by atoms with van der Waals surface area (Å²) in [6.45, 7) is 4.33. The Morgan fingerprint density at radius 2 is 1.85 bits per heavy atom. The number of Topliss-reactive ketones (excluding diaryl/α,β-unsaturated/α-hetero) is 1. The predicted molar refractivity (Wildman–Crippen MR) is 122 cm³/mol. The molecule has 1 heterocycles. The molecule has 0 aromatic heterocycles. The standard InChI is InChI=1S/C24H26N2O8/c1-14(2)34-12-4-11-25-21(16-7-10-18(27)19(13-16)33-3)20(23(29)24(25)30)22(28)15-5-8-17(9-6-15)26(31)32/h5-10,13-14,21,27-28H,4,11-12H2,1-3H3/t21-/m0/s1. The SMILES string of the molecule is COc1cc([C@H]2C(=C(O)c3ccc([N+](=O)[O-])cc3)C(=O)C(=O)N2CCCOC(C)C)ccc1O. The molecule has 1 aliphatic heterocycles. The first-order valence-corrected chi connectivity index (χ1v) is 10.7. The van der Waals surface area contributed by atoms with Gasteiger partial charge in [-0.3, -0.25) is 19.7 Å². The van der Waals surface area contributed by atoms with Crippen LogP contribution >= 0.6 is 0 Å². The van der Waals surface area contributed by atoms with Crippen LogP contribution in [0.4, 0.5) is 5.69 Å². The van der Waals surface area contributed by atoms with E-state index in [9.17, 15) is 29.9 Å². The van der Waals surface area contributed by atoms with Crippen molar-refractivity contribution in [3.8, 4) is 11.5 Å². The van der Waals surface area contributed by atoms with Crippen LogP contribution in [0.5, 0.6) is 11.5 Å². The Morgan fingerprint density at radius 3 is 2.44 bits per heavy atom. The topological polar surface area (TPSA) is 139 Å². The first-order valence-electron chi connectivity index (χ1n) is 10.7. The number of nitro groups is 1. The largest absolute Gasteiger partial charge is 0.507 e. The van der Waals surface area contributed by atoms with Crippen molar-refractivity contribution in [3.05, 3.63) is 69.3 Å². The average Bonchev–Trinajstić information content (AvgIpc) is 3.06. The number of hydrogen-bond donors (Lipinski definition) is 2. The maximum Gasteiger partial charge on any atom is 0.295 e. The molecule has 2 N–H and O–H groups in total. The molecule has 10 heteroatoms. The second-order valence-corrected chi connectivity index (χ2v) is 8.00. The number of aliphatic hydroxyl groups is 1. The van der Waals surface area contributed by atoms with Crippen molar-refractivity contribution in [2.24, 2.45) is 0 Å². The lowest BCUT2D eigenvalue weighted by Gasteiger charge is -2.26. The molecular weight excluding hydrogens is 444 g/mol. The fraction of sp³-hybridized carbons (Fsp3) is 0.333. The van der Waals surface area contributed by atoms with Gasteiger partial charge in [-0.2, -0.15) is 0 Å². The van der Waals surface area contributed by atoms with Gasteiger partial charge in [0.1, 0.15) is 5.76 Å². The lowest BCUT2D eigenvalue weighted by atomic mass is 9.95. The minimum absolute atomic E-state index is 0.00899.